The molecule has 0 aliphatic carbocycles. The molecule has 0 unspecified atom stereocenters. The van der Waals surface area contributed by atoms with Crippen LogP contribution in [0.4, 0.5) is 8.78 Å². The van der Waals surface area contributed by atoms with Crippen molar-refractivity contribution in [2.45, 2.75) is 38.5 Å². The number of nitrogens with two attached hydrogens (primary N) is 1. The minimum Gasteiger partial charge on any atom is -0.456 e. The zero-order valence-corrected chi connectivity index (χ0v) is 23.3. The molecular weight excluding hydrogens is 524 g/mol. The van der Waals surface area contributed by atoms with Crippen LogP contribution in [0.15, 0.2) is 92.0 Å². The number of aryl methyl sites for hydroxylation is 1. The molecule has 3 rings (SSSR count). The minimum atomic E-state index is -0.833. The van der Waals surface area contributed by atoms with E-state index in [1.807, 2.05) is 12.1 Å². The van der Waals surface area contributed by atoms with Gasteiger partial charge in [0.05, 0.1) is 5.56 Å². The third kappa shape index (κ3) is 9.48. The fourth-order valence-electron chi connectivity index (χ4n) is 4.45. The first-order chi connectivity index (χ1) is 19.7. The fraction of sp³-hybridized carbons (Fsp3) is 0.273. The van der Waals surface area contributed by atoms with E-state index in [1.165, 1.54) is 23.8 Å². The molecule has 0 aliphatic heterocycles. The van der Waals surface area contributed by atoms with Crippen LogP contribution < -0.4 is 11.1 Å². The van der Waals surface area contributed by atoms with Crippen molar-refractivity contribution in [2.75, 3.05) is 19.6 Å². The summed E-state index contributed by atoms with van der Waals surface area (Å²) in [5, 5.41) is 3.29. The van der Waals surface area contributed by atoms with Gasteiger partial charge >= 0.3 is 5.97 Å². The molecule has 1 amide bonds. The lowest BCUT2D eigenvalue weighted by Crippen LogP contribution is -2.46. The number of ether oxygens (including phenoxy) is 1. The number of carbonyl (C=O) groups is 2. The molecular formula is C33H37F2N3O3. The predicted molar refractivity (Wildman–Crippen MR) is 158 cm³/mol. The number of halogens is 2. The Hall–Kier alpha value is -4.14. The number of carbonyl (C=O) groups excluding carboxylic acids is 2. The second-order valence-electron chi connectivity index (χ2n) is 9.76. The maximum Gasteiger partial charge on any atom is 0.338 e. The average Bonchev–Trinajstić information content (AvgIpc) is 2.95. The molecule has 41 heavy (non-hydrogen) atoms. The van der Waals surface area contributed by atoms with Crippen molar-refractivity contribution in [1.82, 2.24) is 10.2 Å². The molecule has 216 valence electrons. The van der Waals surface area contributed by atoms with E-state index in [0.29, 0.717) is 30.8 Å². The maximum atomic E-state index is 13.8. The molecule has 0 fully saturated rings. The van der Waals surface area contributed by atoms with Gasteiger partial charge in [0.1, 0.15) is 17.7 Å². The Morgan fingerprint density at radius 2 is 1.56 bits per heavy atom. The maximum absolute atomic E-state index is 13.8. The van der Waals surface area contributed by atoms with E-state index in [0.717, 1.165) is 18.1 Å². The summed E-state index contributed by atoms with van der Waals surface area (Å²) in [4.78, 5) is 27.8. The molecule has 0 saturated carbocycles. The molecule has 3 aromatic carbocycles. The molecule has 0 saturated heterocycles. The predicted octanol–water partition coefficient (Wildman–Crippen LogP) is 5.23. The Morgan fingerprint density at radius 1 is 0.927 bits per heavy atom. The van der Waals surface area contributed by atoms with Gasteiger partial charge in [0.2, 0.25) is 0 Å². The highest BCUT2D eigenvalue weighted by atomic mass is 19.1. The van der Waals surface area contributed by atoms with Crippen molar-refractivity contribution in [2.24, 2.45) is 5.73 Å². The van der Waals surface area contributed by atoms with Crippen LogP contribution in [0.1, 0.15) is 44.3 Å². The van der Waals surface area contributed by atoms with Gasteiger partial charge in [-0.05, 0) is 59.9 Å². The third-order valence-corrected chi connectivity index (χ3v) is 6.54. The van der Waals surface area contributed by atoms with Crippen LogP contribution >= 0.6 is 0 Å². The van der Waals surface area contributed by atoms with Gasteiger partial charge in [-0.1, -0.05) is 49.4 Å². The van der Waals surface area contributed by atoms with E-state index >= 15 is 0 Å². The Balaban J connectivity index is 1.78. The number of esters is 1. The van der Waals surface area contributed by atoms with E-state index in [4.69, 9.17) is 10.5 Å². The van der Waals surface area contributed by atoms with E-state index in [2.05, 4.69) is 37.5 Å². The van der Waals surface area contributed by atoms with Crippen LogP contribution in [0.3, 0.4) is 0 Å². The molecule has 3 N–H and O–H groups in total. The lowest BCUT2D eigenvalue weighted by Gasteiger charge is -2.25. The van der Waals surface area contributed by atoms with E-state index in [9.17, 15) is 18.4 Å². The van der Waals surface area contributed by atoms with Crippen molar-refractivity contribution in [3.8, 4) is 0 Å². The van der Waals surface area contributed by atoms with Gasteiger partial charge < -0.3 is 20.7 Å². The van der Waals surface area contributed by atoms with Crippen LogP contribution in [0, 0.1) is 11.6 Å². The van der Waals surface area contributed by atoms with Crippen molar-refractivity contribution in [1.29, 1.82) is 0 Å². The molecule has 0 heterocycles. The highest BCUT2D eigenvalue weighted by Crippen LogP contribution is 2.15. The van der Waals surface area contributed by atoms with Crippen molar-refractivity contribution < 1.29 is 23.1 Å². The van der Waals surface area contributed by atoms with Crippen LogP contribution in [-0.4, -0.2) is 48.6 Å². The molecule has 8 heteroatoms. The van der Waals surface area contributed by atoms with Gasteiger partial charge in [-0.25, -0.2) is 13.6 Å². The molecule has 2 atom stereocenters. The normalized spacial score (nSPS) is 12.3. The summed E-state index contributed by atoms with van der Waals surface area (Å²) in [5.41, 5.74) is 9.55. The summed E-state index contributed by atoms with van der Waals surface area (Å²) in [6, 6.07) is 16.8. The highest BCUT2D eigenvalue weighted by molar-refractivity contribution is 5.98. The second kappa shape index (κ2) is 15.6. The van der Waals surface area contributed by atoms with Gasteiger partial charge in [-0.15, -0.1) is 13.2 Å². The summed E-state index contributed by atoms with van der Waals surface area (Å²) >= 11 is 0. The summed E-state index contributed by atoms with van der Waals surface area (Å²) in [6.45, 7) is 10.8. The average molecular weight is 562 g/mol. The monoisotopic (exact) mass is 561 g/mol. The number of hydrogen-bond donors (Lipinski definition) is 2. The summed E-state index contributed by atoms with van der Waals surface area (Å²) in [7, 11) is 0. The van der Waals surface area contributed by atoms with Gasteiger partial charge in [-0.2, -0.15) is 0 Å². The van der Waals surface area contributed by atoms with Gasteiger partial charge in [0.15, 0.2) is 0 Å². The number of rotatable bonds is 15. The molecule has 0 aromatic heterocycles. The third-order valence-electron chi connectivity index (χ3n) is 6.54. The van der Waals surface area contributed by atoms with Crippen LogP contribution in [0.5, 0.6) is 0 Å². The number of hydrogen-bond acceptors (Lipinski definition) is 5. The first kappa shape index (κ1) is 31.4. The number of amides is 1. The fourth-order valence-corrected chi connectivity index (χ4v) is 4.45. The smallest absolute Gasteiger partial charge is 0.338 e. The Morgan fingerprint density at radius 3 is 2.22 bits per heavy atom. The molecule has 6 nitrogen and oxygen atoms in total. The Kier molecular flexibility index (Phi) is 11.9. The second-order valence-corrected chi connectivity index (χ2v) is 9.76. The van der Waals surface area contributed by atoms with E-state index in [-0.39, 0.29) is 24.4 Å². The highest BCUT2D eigenvalue weighted by Gasteiger charge is 2.25. The molecule has 0 bridgehead atoms. The van der Waals surface area contributed by atoms with Crippen molar-refractivity contribution in [3.63, 3.8) is 0 Å². The van der Waals surface area contributed by atoms with Gasteiger partial charge in [-0.3, -0.25) is 4.79 Å². The topological polar surface area (TPSA) is 84.7 Å². The molecule has 3 aromatic rings. The van der Waals surface area contributed by atoms with E-state index in [1.54, 1.807) is 35.3 Å². The number of benzene rings is 3. The quantitative estimate of drug-likeness (QED) is 0.196. The van der Waals surface area contributed by atoms with Crippen LogP contribution in [0.25, 0.3) is 0 Å². The number of nitrogens with one attached hydrogen (secondary N) is 1. The zero-order chi connectivity index (χ0) is 29.8. The molecule has 0 aliphatic rings. The largest absolute Gasteiger partial charge is 0.456 e. The first-order valence-corrected chi connectivity index (χ1v) is 13.5. The Labute approximate surface area is 240 Å². The number of nitrogens with zero attached hydrogens (tertiary/aromatic N) is 1. The summed E-state index contributed by atoms with van der Waals surface area (Å²) in [6.07, 6.45) is 3.38. The lowest BCUT2D eigenvalue weighted by molar-refractivity contribution is 0.0238. The summed E-state index contributed by atoms with van der Waals surface area (Å²) < 4.78 is 33.4. The lowest BCUT2D eigenvalue weighted by atomic mass is 10.0. The summed E-state index contributed by atoms with van der Waals surface area (Å²) in [5.74, 6) is -2.37. The van der Waals surface area contributed by atoms with Crippen LogP contribution in [-0.2, 0) is 24.1 Å². The van der Waals surface area contributed by atoms with Crippen LogP contribution in [0.2, 0.25) is 0 Å². The zero-order valence-electron chi connectivity index (χ0n) is 23.3. The van der Waals surface area contributed by atoms with Crippen molar-refractivity contribution in [3.05, 3.63) is 131 Å². The van der Waals surface area contributed by atoms with E-state index < -0.39 is 29.7 Å². The standard InChI is InChI=1S/C33H37F2N3O3/c1-4-13-38(14-5-2)32(39)26-11-8-12-27(19-26)33(40)41-31(22-37-21-24-10-7-9-23(6-3)15-24)30(36)18-25-16-28(34)20-29(35)17-25/h4-5,7-12,15-17,19-20,30-31,37H,1-2,6,13-14,18,21-22,36H2,3H3/t30-,31+/m0/s1. The van der Waals surface area contributed by atoms with Crippen molar-refractivity contribution >= 4 is 11.9 Å². The minimum absolute atomic E-state index is 0.0796. The Bertz CT molecular complexity index is 1330. The van der Waals surface area contributed by atoms with Gasteiger partial charge in [0.25, 0.3) is 5.91 Å². The molecule has 0 spiro atoms. The van der Waals surface area contributed by atoms with Gasteiger partial charge in [0, 0.05) is 43.9 Å². The SMILES string of the molecule is C=CCN(CC=C)C(=O)c1cccc(C(=O)O[C@H](CNCc2cccc(CC)c2)[C@@H](N)Cc2cc(F)cc(F)c2)c1. The molecule has 0 radical (unpaired) electrons. The first-order valence-electron chi connectivity index (χ1n) is 13.5.